The maximum atomic E-state index is 12.0. The van der Waals surface area contributed by atoms with Crippen LogP contribution in [0.2, 0.25) is 0 Å². The second kappa shape index (κ2) is 5.82. The molecule has 0 bridgehead atoms. The molecule has 1 saturated heterocycles. The maximum absolute atomic E-state index is 12.0. The van der Waals surface area contributed by atoms with Gasteiger partial charge in [0.05, 0.1) is 8.66 Å². The lowest BCUT2D eigenvalue weighted by molar-refractivity contribution is 0.0930. The van der Waals surface area contributed by atoms with Crippen LogP contribution >= 0.6 is 43.2 Å². The van der Waals surface area contributed by atoms with Gasteiger partial charge in [0.1, 0.15) is 0 Å². The molecule has 0 aliphatic carbocycles. The highest BCUT2D eigenvalue weighted by atomic mass is 79.9. The Morgan fingerprint density at radius 3 is 2.94 bits per heavy atom. The van der Waals surface area contributed by atoms with Gasteiger partial charge in [-0.2, -0.15) is 0 Å². The number of halogens is 2. The molecular weight excluding hydrogens is 368 g/mol. The van der Waals surface area contributed by atoms with Gasteiger partial charge < -0.3 is 10.6 Å². The van der Waals surface area contributed by atoms with Crippen molar-refractivity contribution in [2.45, 2.75) is 31.8 Å². The highest BCUT2D eigenvalue weighted by Crippen LogP contribution is 2.32. The van der Waals surface area contributed by atoms with Crippen LogP contribution in [0.1, 0.15) is 29.4 Å². The van der Waals surface area contributed by atoms with Gasteiger partial charge in [0.25, 0.3) is 5.91 Å². The maximum Gasteiger partial charge on any atom is 0.261 e. The van der Waals surface area contributed by atoms with Crippen LogP contribution in [0.4, 0.5) is 0 Å². The molecule has 2 N–H and O–H groups in total. The molecular formula is C11H14Br2N2OS. The van der Waals surface area contributed by atoms with Crippen LogP contribution in [0.25, 0.3) is 0 Å². The van der Waals surface area contributed by atoms with E-state index in [9.17, 15) is 4.79 Å². The third kappa shape index (κ3) is 3.53. The highest BCUT2D eigenvalue weighted by Gasteiger charge is 2.21. The highest BCUT2D eigenvalue weighted by molar-refractivity contribution is 9.13. The minimum atomic E-state index is 0.0282. The number of carbonyl (C=O) groups excluding carboxylic acids is 1. The molecule has 1 aromatic heterocycles. The third-order valence-electron chi connectivity index (χ3n) is 2.83. The molecule has 0 spiro atoms. The number of piperidine rings is 1. The van der Waals surface area contributed by atoms with Crippen molar-refractivity contribution in [1.29, 1.82) is 0 Å². The Hall–Kier alpha value is 0.0900. The number of carbonyl (C=O) groups is 1. The van der Waals surface area contributed by atoms with Gasteiger partial charge in [0, 0.05) is 16.6 Å². The van der Waals surface area contributed by atoms with Crippen LogP contribution in [-0.4, -0.2) is 24.5 Å². The van der Waals surface area contributed by atoms with Crippen LogP contribution in [-0.2, 0) is 0 Å². The molecule has 0 saturated carbocycles. The first-order valence-corrected chi connectivity index (χ1v) is 7.95. The van der Waals surface area contributed by atoms with E-state index in [2.05, 4.69) is 49.4 Å². The van der Waals surface area contributed by atoms with Gasteiger partial charge in [-0.1, -0.05) is 0 Å². The minimum Gasteiger partial charge on any atom is -0.349 e. The lowest BCUT2D eigenvalue weighted by Crippen LogP contribution is -2.46. The largest absolute Gasteiger partial charge is 0.349 e. The third-order valence-corrected chi connectivity index (χ3v) is 6.08. The normalized spacial score (nSPS) is 24.6. The van der Waals surface area contributed by atoms with Crippen molar-refractivity contribution in [1.82, 2.24) is 10.6 Å². The molecule has 1 aliphatic rings. The van der Waals surface area contributed by atoms with Crippen molar-refractivity contribution in [2.24, 2.45) is 0 Å². The van der Waals surface area contributed by atoms with Crippen molar-refractivity contribution in [3.63, 3.8) is 0 Å². The van der Waals surface area contributed by atoms with Gasteiger partial charge in [-0.25, -0.2) is 0 Å². The number of rotatable bonds is 2. The predicted octanol–water partition coefficient (Wildman–Crippen LogP) is 3.14. The fraction of sp³-hybridized carbons (Fsp3) is 0.545. The van der Waals surface area contributed by atoms with Crippen molar-refractivity contribution in [3.8, 4) is 0 Å². The number of nitrogens with one attached hydrogen (secondary N) is 2. The summed E-state index contributed by atoms with van der Waals surface area (Å²) in [4.78, 5) is 12.8. The monoisotopic (exact) mass is 380 g/mol. The average Bonchev–Trinajstić information content (AvgIpc) is 2.59. The first-order chi connectivity index (χ1) is 8.06. The Bertz CT molecular complexity index is 402. The summed E-state index contributed by atoms with van der Waals surface area (Å²) >= 11 is 8.25. The molecule has 1 aromatic rings. The zero-order valence-corrected chi connectivity index (χ0v) is 13.4. The lowest BCUT2D eigenvalue weighted by Gasteiger charge is -2.28. The van der Waals surface area contributed by atoms with Crippen LogP contribution in [0, 0.1) is 0 Å². The van der Waals surface area contributed by atoms with E-state index >= 15 is 0 Å². The summed E-state index contributed by atoms with van der Waals surface area (Å²) in [5.41, 5.74) is 0. The molecule has 2 unspecified atom stereocenters. The van der Waals surface area contributed by atoms with Gasteiger partial charge in [-0.3, -0.25) is 4.79 Å². The molecule has 17 heavy (non-hydrogen) atoms. The molecule has 2 atom stereocenters. The zero-order valence-electron chi connectivity index (χ0n) is 9.43. The molecule has 0 aromatic carbocycles. The van der Waals surface area contributed by atoms with E-state index in [-0.39, 0.29) is 5.91 Å². The summed E-state index contributed by atoms with van der Waals surface area (Å²) in [6.07, 6.45) is 2.00. The molecule has 3 nitrogen and oxygen atoms in total. The van der Waals surface area contributed by atoms with Crippen molar-refractivity contribution in [2.75, 3.05) is 6.54 Å². The van der Waals surface area contributed by atoms with Crippen molar-refractivity contribution >= 4 is 49.1 Å². The number of hydrogen-bond acceptors (Lipinski definition) is 3. The number of amides is 1. The van der Waals surface area contributed by atoms with E-state index in [0.29, 0.717) is 12.1 Å². The average molecular weight is 382 g/mol. The summed E-state index contributed by atoms with van der Waals surface area (Å²) < 4.78 is 1.90. The topological polar surface area (TPSA) is 41.1 Å². The number of hydrogen-bond donors (Lipinski definition) is 2. The van der Waals surface area contributed by atoms with Crippen LogP contribution < -0.4 is 10.6 Å². The van der Waals surface area contributed by atoms with Crippen LogP contribution in [0.3, 0.4) is 0 Å². The molecule has 6 heteroatoms. The molecule has 1 amide bonds. The Morgan fingerprint density at radius 2 is 2.35 bits per heavy atom. The van der Waals surface area contributed by atoms with Crippen LogP contribution in [0.15, 0.2) is 14.3 Å². The molecule has 0 radical (unpaired) electrons. The minimum absolute atomic E-state index is 0.0282. The summed E-state index contributed by atoms with van der Waals surface area (Å²) in [7, 11) is 0. The van der Waals surface area contributed by atoms with E-state index in [1.165, 1.54) is 11.3 Å². The van der Waals surface area contributed by atoms with E-state index in [1.54, 1.807) is 0 Å². The van der Waals surface area contributed by atoms with Crippen molar-refractivity contribution in [3.05, 3.63) is 19.2 Å². The second-order valence-electron chi connectivity index (χ2n) is 4.28. The van der Waals surface area contributed by atoms with E-state index in [4.69, 9.17) is 0 Å². The zero-order chi connectivity index (χ0) is 12.4. The number of thiophene rings is 1. The Morgan fingerprint density at radius 1 is 1.59 bits per heavy atom. The Balaban J connectivity index is 1.96. The molecule has 1 aliphatic heterocycles. The van der Waals surface area contributed by atoms with E-state index in [0.717, 1.165) is 32.5 Å². The summed E-state index contributed by atoms with van der Waals surface area (Å²) in [5, 5.41) is 6.47. The molecule has 1 fully saturated rings. The first-order valence-electron chi connectivity index (χ1n) is 5.55. The predicted molar refractivity (Wildman–Crippen MR) is 77.7 cm³/mol. The van der Waals surface area contributed by atoms with Gasteiger partial charge in [0.2, 0.25) is 0 Å². The van der Waals surface area contributed by atoms with E-state index < -0.39 is 0 Å². The second-order valence-corrected chi connectivity index (χ2v) is 7.51. The first kappa shape index (κ1) is 13.5. The quantitative estimate of drug-likeness (QED) is 0.826. The van der Waals surface area contributed by atoms with E-state index in [1.807, 2.05) is 6.07 Å². The molecule has 2 heterocycles. The summed E-state index contributed by atoms with van der Waals surface area (Å²) in [6.45, 7) is 3.13. The summed E-state index contributed by atoms with van der Waals surface area (Å²) in [6, 6.07) is 2.63. The summed E-state index contributed by atoms with van der Waals surface area (Å²) in [5.74, 6) is 0.0282. The fourth-order valence-electron chi connectivity index (χ4n) is 1.98. The van der Waals surface area contributed by atoms with Crippen LogP contribution in [0.5, 0.6) is 0 Å². The Kier molecular flexibility index (Phi) is 4.63. The van der Waals surface area contributed by atoms with Crippen molar-refractivity contribution < 1.29 is 4.79 Å². The fourth-order valence-corrected chi connectivity index (χ4v) is 3.92. The molecule has 94 valence electrons. The van der Waals surface area contributed by atoms with Gasteiger partial charge in [0.15, 0.2) is 0 Å². The van der Waals surface area contributed by atoms with Gasteiger partial charge >= 0.3 is 0 Å². The SMILES string of the molecule is CC1CC(NC(=O)c2cc(Br)c(Br)s2)CCN1. The Labute approximate surface area is 122 Å². The smallest absolute Gasteiger partial charge is 0.261 e. The van der Waals surface area contributed by atoms with Gasteiger partial charge in [-0.15, -0.1) is 11.3 Å². The van der Waals surface area contributed by atoms with Gasteiger partial charge in [-0.05, 0) is 64.2 Å². The molecule has 2 rings (SSSR count). The standard InChI is InChI=1S/C11H14Br2N2OS/c1-6-4-7(2-3-14-6)15-11(16)9-5-8(12)10(13)17-9/h5-7,14H,2-4H2,1H3,(H,15,16). The lowest BCUT2D eigenvalue weighted by atomic mass is 10.0.